The molecule has 17 nitrogen and oxygen atoms in total. The SMILES string of the molecule is CC[C@@]1(O)C(=O)OCc2c1cc1n(c2=O)Cc2c-1nc1ccccc1c2CCN(C)C(=O)[C@H](CC(C)C)NC(=O)[C@H](Cc1ccccc1)NC(=O)[C@H](C)NC(=O)CNC(=O)OCC1c2ccccc2-c2ccccc21. The summed E-state index contributed by atoms with van der Waals surface area (Å²) < 4.78 is 12.4. The number of carbonyl (C=O) groups is 6. The average molecular weight is 1020 g/mol. The van der Waals surface area contributed by atoms with E-state index in [9.17, 15) is 38.7 Å². The molecular formula is C58H61N7O10. The van der Waals surface area contributed by atoms with Crippen molar-refractivity contribution < 1.29 is 43.3 Å². The molecule has 2 aliphatic heterocycles. The summed E-state index contributed by atoms with van der Waals surface area (Å²) in [6.07, 6.45) is -0.0525. The monoisotopic (exact) mass is 1020 g/mol. The van der Waals surface area contributed by atoms with Crippen molar-refractivity contribution in [2.45, 2.75) is 96.2 Å². The predicted molar refractivity (Wildman–Crippen MR) is 280 cm³/mol. The first-order valence-corrected chi connectivity index (χ1v) is 25.4. The lowest BCUT2D eigenvalue weighted by Crippen LogP contribution is -2.57. The molecule has 2 aromatic heterocycles. The number of hydrogen-bond acceptors (Lipinski definition) is 11. The van der Waals surface area contributed by atoms with E-state index in [1.54, 1.807) is 29.5 Å². The Bertz CT molecular complexity index is 3240. The van der Waals surface area contributed by atoms with Gasteiger partial charge in [-0.15, -0.1) is 0 Å². The molecule has 0 radical (unpaired) electrons. The highest BCUT2D eigenvalue weighted by molar-refractivity contribution is 5.95. The van der Waals surface area contributed by atoms with Crippen LogP contribution in [0, 0.1) is 5.92 Å². The molecule has 5 amide bonds. The number of aromatic nitrogens is 2. The van der Waals surface area contributed by atoms with E-state index >= 15 is 0 Å². The Morgan fingerprint density at radius 3 is 2.19 bits per heavy atom. The van der Waals surface area contributed by atoms with E-state index in [-0.39, 0.29) is 80.0 Å². The number of nitrogens with one attached hydrogen (secondary N) is 4. The highest BCUT2D eigenvalue weighted by atomic mass is 16.6. The molecule has 5 N–H and O–H groups in total. The van der Waals surface area contributed by atoms with E-state index in [4.69, 9.17) is 14.5 Å². The Morgan fingerprint density at radius 1 is 0.840 bits per heavy atom. The summed E-state index contributed by atoms with van der Waals surface area (Å²) in [6, 6.07) is 31.0. The van der Waals surface area contributed by atoms with E-state index in [0.717, 1.165) is 44.3 Å². The van der Waals surface area contributed by atoms with Crippen molar-refractivity contribution in [3.63, 3.8) is 0 Å². The number of alkyl carbamates (subject to hydrolysis) is 1. The minimum Gasteiger partial charge on any atom is -0.458 e. The third-order valence-electron chi connectivity index (χ3n) is 14.5. The molecule has 17 heteroatoms. The first-order valence-electron chi connectivity index (χ1n) is 25.4. The van der Waals surface area contributed by atoms with Crippen molar-refractivity contribution in [3.8, 4) is 22.5 Å². The highest BCUT2D eigenvalue weighted by Crippen LogP contribution is 2.45. The number of nitrogens with zero attached hydrogens (tertiary/aromatic N) is 3. The Labute approximate surface area is 434 Å². The Hall–Kier alpha value is -8.18. The van der Waals surface area contributed by atoms with E-state index in [0.29, 0.717) is 23.3 Å². The lowest BCUT2D eigenvalue weighted by Gasteiger charge is -2.31. The number of cyclic esters (lactones) is 1. The lowest BCUT2D eigenvalue weighted by atomic mass is 9.86. The van der Waals surface area contributed by atoms with Crippen LogP contribution in [0.3, 0.4) is 0 Å². The molecular weight excluding hydrogens is 955 g/mol. The van der Waals surface area contributed by atoms with Crippen LogP contribution in [-0.2, 0) is 65.0 Å². The quantitative estimate of drug-likeness (QED) is 0.0686. The molecule has 4 aromatic carbocycles. The minimum absolute atomic E-state index is 0.0133. The van der Waals surface area contributed by atoms with Crippen LogP contribution < -0.4 is 26.8 Å². The minimum atomic E-state index is -1.98. The summed E-state index contributed by atoms with van der Waals surface area (Å²) >= 11 is 0. The second-order valence-electron chi connectivity index (χ2n) is 20.0. The van der Waals surface area contributed by atoms with Crippen LogP contribution in [0.25, 0.3) is 33.4 Å². The zero-order valence-corrected chi connectivity index (χ0v) is 42.6. The van der Waals surface area contributed by atoms with Gasteiger partial charge < -0.3 is 45.3 Å². The van der Waals surface area contributed by atoms with Gasteiger partial charge in [0.2, 0.25) is 23.6 Å². The van der Waals surface area contributed by atoms with E-state index in [1.165, 1.54) is 6.92 Å². The van der Waals surface area contributed by atoms with E-state index in [1.807, 2.05) is 117 Å². The smallest absolute Gasteiger partial charge is 0.407 e. The Kier molecular flexibility index (Phi) is 15.0. The molecule has 75 heavy (non-hydrogen) atoms. The maximum Gasteiger partial charge on any atom is 0.407 e. The second-order valence-corrected chi connectivity index (χ2v) is 20.0. The number of benzene rings is 4. The van der Waals surface area contributed by atoms with Gasteiger partial charge in [0.15, 0.2) is 5.60 Å². The van der Waals surface area contributed by atoms with Crippen molar-refractivity contribution >= 4 is 46.6 Å². The van der Waals surface area contributed by atoms with Gasteiger partial charge in [0.25, 0.3) is 5.56 Å². The fraction of sp³-hybridized carbons (Fsp3) is 0.345. The lowest BCUT2D eigenvalue weighted by molar-refractivity contribution is -0.172. The molecule has 0 saturated heterocycles. The molecule has 0 saturated carbocycles. The van der Waals surface area contributed by atoms with Gasteiger partial charge in [-0.05, 0) is 77.6 Å². The normalized spacial score (nSPS) is 16.3. The number of carbonyl (C=O) groups excluding carboxylic acids is 6. The van der Waals surface area contributed by atoms with Crippen LogP contribution in [0.5, 0.6) is 0 Å². The molecule has 0 bridgehead atoms. The van der Waals surface area contributed by atoms with Gasteiger partial charge in [0.05, 0.1) is 29.0 Å². The predicted octanol–water partition coefficient (Wildman–Crippen LogP) is 5.38. The van der Waals surface area contributed by atoms with Gasteiger partial charge in [-0.2, -0.15) is 0 Å². The number of esters is 1. The zero-order chi connectivity index (χ0) is 53.1. The summed E-state index contributed by atoms with van der Waals surface area (Å²) in [4.78, 5) is 102. The fourth-order valence-corrected chi connectivity index (χ4v) is 10.5. The number of pyridine rings is 2. The first kappa shape index (κ1) is 51.7. The molecule has 1 aliphatic carbocycles. The number of rotatable bonds is 18. The van der Waals surface area contributed by atoms with Crippen LogP contribution in [-0.4, -0.2) is 100 Å². The average Bonchev–Trinajstić information content (AvgIpc) is 3.95. The standard InChI is InChI=1S/C58H61N7O10/c1-6-58(73)45-28-49-51-42(30-65(49)54(69)44(45)32-74-56(58)71)40(41-22-14-15-23-46(41)61-51)24-25-64(5)55(70)48(26-33(2)3)63-53(68)47(27-35-16-8-7-9-17-35)62-52(67)34(4)60-50(66)29-59-57(72)75-31-43-38-20-12-10-18-36(38)37-19-11-13-21-39(37)43/h7-23,28,33-34,43,47-48,73H,6,24-27,29-32H2,1-5H3,(H,59,72)(H,60,66)(H,62,67)(H,63,68)/t34-,47-,48-,58-/m0/s1. The summed E-state index contributed by atoms with van der Waals surface area (Å²) in [5.74, 6) is -3.25. The summed E-state index contributed by atoms with van der Waals surface area (Å²) in [6.45, 7) is 6.75. The Morgan fingerprint density at radius 2 is 1.49 bits per heavy atom. The molecule has 9 rings (SSSR count). The van der Waals surface area contributed by atoms with Crippen LogP contribution >= 0.6 is 0 Å². The number of fused-ring (bicyclic) bond motifs is 8. The number of hydrogen-bond donors (Lipinski definition) is 5. The van der Waals surface area contributed by atoms with Crippen molar-refractivity contribution in [3.05, 3.63) is 158 Å². The molecule has 4 heterocycles. The van der Waals surface area contributed by atoms with Gasteiger partial charge in [0.1, 0.15) is 37.9 Å². The molecule has 388 valence electrons. The zero-order valence-electron chi connectivity index (χ0n) is 42.6. The molecule has 0 unspecified atom stereocenters. The van der Waals surface area contributed by atoms with Gasteiger partial charge in [-0.25, -0.2) is 14.6 Å². The largest absolute Gasteiger partial charge is 0.458 e. The highest BCUT2D eigenvalue weighted by Gasteiger charge is 2.46. The summed E-state index contributed by atoms with van der Waals surface area (Å²) in [5, 5.41) is 23.0. The third kappa shape index (κ3) is 10.5. The van der Waals surface area contributed by atoms with Gasteiger partial charge >= 0.3 is 12.1 Å². The fourth-order valence-electron chi connectivity index (χ4n) is 10.5. The maximum absolute atomic E-state index is 14.5. The number of aliphatic hydroxyl groups is 1. The molecule has 6 aromatic rings. The number of likely N-dealkylation sites (N-methyl/N-ethyl adjacent to an activating group) is 1. The number of amides is 5. The van der Waals surface area contributed by atoms with Crippen molar-refractivity contribution in [2.75, 3.05) is 26.7 Å². The third-order valence-corrected chi connectivity index (χ3v) is 14.5. The molecule has 0 fully saturated rings. The van der Waals surface area contributed by atoms with Gasteiger partial charge in [0, 0.05) is 42.4 Å². The van der Waals surface area contributed by atoms with Crippen LogP contribution in [0.4, 0.5) is 4.79 Å². The van der Waals surface area contributed by atoms with E-state index < -0.39 is 60.1 Å². The van der Waals surface area contributed by atoms with Crippen LogP contribution in [0.15, 0.2) is 114 Å². The Balaban J connectivity index is 0.848. The van der Waals surface area contributed by atoms with Crippen LogP contribution in [0.1, 0.15) is 85.4 Å². The molecule has 3 aliphatic rings. The molecule has 4 atom stereocenters. The topological polar surface area (TPSA) is 227 Å². The second kappa shape index (κ2) is 21.7. The first-order chi connectivity index (χ1) is 36.1. The van der Waals surface area contributed by atoms with Crippen molar-refractivity contribution in [2.24, 2.45) is 5.92 Å². The summed E-state index contributed by atoms with van der Waals surface area (Å²) in [7, 11) is 1.66. The van der Waals surface area contributed by atoms with Gasteiger partial charge in [-0.1, -0.05) is 118 Å². The number of para-hydroxylation sites is 1. The van der Waals surface area contributed by atoms with Gasteiger partial charge in [-0.3, -0.25) is 24.0 Å². The number of ether oxygens (including phenoxy) is 2. The maximum atomic E-state index is 14.5. The van der Waals surface area contributed by atoms with E-state index in [2.05, 4.69) is 21.3 Å². The van der Waals surface area contributed by atoms with Crippen molar-refractivity contribution in [1.82, 2.24) is 35.7 Å². The molecule has 0 spiro atoms. The van der Waals surface area contributed by atoms with Crippen LogP contribution in [0.2, 0.25) is 0 Å². The summed E-state index contributed by atoms with van der Waals surface area (Å²) in [5.41, 5.74) is 6.43. The van der Waals surface area contributed by atoms with Crippen molar-refractivity contribution in [1.29, 1.82) is 0 Å².